The molecule has 2 aliphatic rings. The predicted octanol–water partition coefficient (Wildman–Crippen LogP) is 1.60. The van der Waals surface area contributed by atoms with Crippen LogP contribution in [-0.4, -0.2) is 18.1 Å². The standard InChI is InChI=1S/C11H19NO2/c1-2-14-9(13)10-4-3-5-11(12,8-10)7-6-10/h2-8,12H2,1H3. The van der Waals surface area contributed by atoms with Gasteiger partial charge in [-0.15, -0.1) is 0 Å². The van der Waals surface area contributed by atoms with Gasteiger partial charge in [-0.25, -0.2) is 0 Å². The molecule has 0 spiro atoms. The van der Waals surface area contributed by atoms with E-state index in [-0.39, 0.29) is 16.9 Å². The number of carbonyl (C=O) groups excluding carboxylic acids is 1. The van der Waals surface area contributed by atoms with Crippen molar-refractivity contribution in [3.63, 3.8) is 0 Å². The van der Waals surface area contributed by atoms with E-state index in [0.717, 1.165) is 38.5 Å². The third-order valence-electron chi connectivity index (χ3n) is 3.83. The molecule has 2 fully saturated rings. The summed E-state index contributed by atoms with van der Waals surface area (Å²) in [6.07, 6.45) is 5.90. The van der Waals surface area contributed by atoms with Crippen LogP contribution in [0.3, 0.4) is 0 Å². The zero-order valence-electron chi connectivity index (χ0n) is 8.84. The van der Waals surface area contributed by atoms with Gasteiger partial charge in [0.2, 0.25) is 0 Å². The second-order valence-electron chi connectivity index (χ2n) is 4.89. The Morgan fingerprint density at radius 2 is 2.14 bits per heavy atom. The minimum Gasteiger partial charge on any atom is -0.466 e. The lowest BCUT2D eigenvalue weighted by atomic mass is 9.73. The van der Waals surface area contributed by atoms with Gasteiger partial charge in [-0.2, -0.15) is 0 Å². The van der Waals surface area contributed by atoms with Crippen molar-refractivity contribution in [2.45, 2.75) is 51.0 Å². The summed E-state index contributed by atoms with van der Waals surface area (Å²) < 4.78 is 5.15. The molecule has 0 amide bonds. The van der Waals surface area contributed by atoms with E-state index in [4.69, 9.17) is 10.5 Å². The predicted molar refractivity (Wildman–Crippen MR) is 53.7 cm³/mol. The summed E-state index contributed by atoms with van der Waals surface area (Å²) in [5, 5.41) is 0. The highest BCUT2D eigenvalue weighted by atomic mass is 16.5. The molecule has 0 aromatic carbocycles. The Hall–Kier alpha value is -0.570. The number of esters is 1. The molecule has 0 aromatic heterocycles. The lowest BCUT2D eigenvalue weighted by molar-refractivity contribution is -0.156. The Morgan fingerprint density at radius 3 is 2.86 bits per heavy atom. The molecular formula is C11H19NO2. The van der Waals surface area contributed by atoms with Crippen LogP contribution in [0.5, 0.6) is 0 Å². The molecule has 2 rings (SSSR count). The summed E-state index contributed by atoms with van der Waals surface area (Å²) in [5.41, 5.74) is 5.93. The number of ether oxygens (including phenoxy) is 1. The molecule has 0 heterocycles. The molecular weight excluding hydrogens is 178 g/mol. The molecule has 3 nitrogen and oxygen atoms in total. The van der Waals surface area contributed by atoms with Crippen LogP contribution in [0.15, 0.2) is 0 Å². The number of nitrogens with two attached hydrogens (primary N) is 1. The van der Waals surface area contributed by atoms with Crippen molar-refractivity contribution in [3.8, 4) is 0 Å². The monoisotopic (exact) mass is 197 g/mol. The third kappa shape index (κ3) is 1.44. The normalized spacial score (nSPS) is 41.0. The molecule has 2 saturated carbocycles. The van der Waals surface area contributed by atoms with Gasteiger partial charge < -0.3 is 10.5 Å². The Kier molecular flexibility index (Phi) is 2.30. The first-order valence-electron chi connectivity index (χ1n) is 5.56. The van der Waals surface area contributed by atoms with Crippen molar-refractivity contribution in [1.29, 1.82) is 0 Å². The molecule has 2 atom stereocenters. The summed E-state index contributed by atoms with van der Waals surface area (Å²) in [4.78, 5) is 11.8. The topological polar surface area (TPSA) is 52.3 Å². The number of hydrogen-bond acceptors (Lipinski definition) is 3. The molecule has 0 aromatic rings. The number of fused-ring (bicyclic) bond motifs is 2. The second kappa shape index (κ2) is 3.23. The summed E-state index contributed by atoms with van der Waals surface area (Å²) in [7, 11) is 0. The van der Waals surface area contributed by atoms with E-state index in [0.29, 0.717) is 6.61 Å². The molecule has 2 N–H and O–H groups in total. The third-order valence-corrected chi connectivity index (χ3v) is 3.83. The zero-order chi connectivity index (χ0) is 10.2. The van der Waals surface area contributed by atoms with E-state index in [9.17, 15) is 4.79 Å². The Bertz CT molecular complexity index is 254. The van der Waals surface area contributed by atoms with Gasteiger partial charge in [0.15, 0.2) is 0 Å². The van der Waals surface area contributed by atoms with Crippen molar-refractivity contribution < 1.29 is 9.53 Å². The van der Waals surface area contributed by atoms with E-state index in [1.54, 1.807) is 0 Å². The first-order valence-corrected chi connectivity index (χ1v) is 5.56. The van der Waals surface area contributed by atoms with Crippen LogP contribution in [0.2, 0.25) is 0 Å². The molecule has 0 aliphatic heterocycles. The van der Waals surface area contributed by atoms with Gasteiger partial charge >= 0.3 is 5.97 Å². The summed E-state index contributed by atoms with van der Waals surface area (Å²) >= 11 is 0. The zero-order valence-corrected chi connectivity index (χ0v) is 8.84. The van der Waals surface area contributed by atoms with Crippen LogP contribution in [0.4, 0.5) is 0 Å². The van der Waals surface area contributed by atoms with Gasteiger partial charge in [0.1, 0.15) is 0 Å². The number of carbonyl (C=O) groups is 1. The molecule has 14 heavy (non-hydrogen) atoms. The highest BCUT2D eigenvalue weighted by molar-refractivity contribution is 5.77. The molecule has 2 aliphatic carbocycles. The maximum atomic E-state index is 11.8. The highest BCUT2D eigenvalue weighted by Gasteiger charge is 2.53. The van der Waals surface area contributed by atoms with Gasteiger partial charge in [0.25, 0.3) is 0 Å². The van der Waals surface area contributed by atoms with E-state index < -0.39 is 0 Å². The largest absolute Gasteiger partial charge is 0.466 e. The Balaban J connectivity index is 2.13. The van der Waals surface area contributed by atoms with Crippen LogP contribution >= 0.6 is 0 Å². The van der Waals surface area contributed by atoms with Crippen molar-refractivity contribution in [2.24, 2.45) is 11.1 Å². The van der Waals surface area contributed by atoms with E-state index in [2.05, 4.69) is 0 Å². The summed E-state index contributed by atoms with van der Waals surface area (Å²) in [6, 6.07) is 0. The molecule has 3 heteroatoms. The Morgan fingerprint density at radius 1 is 1.36 bits per heavy atom. The fourth-order valence-corrected chi connectivity index (χ4v) is 3.11. The van der Waals surface area contributed by atoms with E-state index in [1.165, 1.54) is 0 Å². The van der Waals surface area contributed by atoms with Gasteiger partial charge in [-0.1, -0.05) is 6.42 Å². The fraction of sp³-hybridized carbons (Fsp3) is 0.909. The highest BCUT2D eigenvalue weighted by Crippen LogP contribution is 2.53. The SMILES string of the molecule is CCOC(=O)C12CCCC(N)(CC1)C2. The summed E-state index contributed by atoms with van der Waals surface area (Å²) in [5.74, 6) is -0.00738. The Labute approximate surface area is 85.0 Å². The average Bonchev–Trinajstić information content (AvgIpc) is 2.39. The lowest BCUT2D eigenvalue weighted by Crippen LogP contribution is -2.44. The first kappa shape index (κ1) is 9.97. The molecule has 2 bridgehead atoms. The second-order valence-corrected chi connectivity index (χ2v) is 4.89. The quantitative estimate of drug-likeness (QED) is 0.684. The van der Waals surface area contributed by atoms with Gasteiger partial charge in [0.05, 0.1) is 12.0 Å². The fourth-order valence-electron chi connectivity index (χ4n) is 3.11. The van der Waals surface area contributed by atoms with Crippen molar-refractivity contribution in [3.05, 3.63) is 0 Å². The minimum absolute atomic E-state index is 0.00738. The van der Waals surface area contributed by atoms with E-state index >= 15 is 0 Å². The van der Waals surface area contributed by atoms with E-state index in [1.807, 2.05) is 6.92 Å². The smallest absolute Gasteiger partial charge is 0.312 e. The molecule has 2 unspecified atom stereocenters. The van der Waals surface area contributed by atoms with Gasteiger partial charge in [-0.3, -0.25) is 4.79 Å². The first-order chi connectivity index (χ1) is 6.60. The van der Waals surface area contributed by atoms with Crippen molar-refractivity contribution in [1.82, 2.24) is 0 Å². The minimum atomic E-state index is -0.219. The average molecular weight is 197 g/mol. The van der Waals surface area contributed by atoms with Crippen LogP contribution < -0.4 is 5.73 Å². The maximum Gasteiger partial charge on any atom is 0.312 e. The van der Waals surface area contributed by atoms with Gasteiger partial charge in [-0.05, 0) is 39.0 Å². The van der Waals surface area contributed by atoms with Crippen LogP contribution in [-0.2, 0) is 9.53 Å². The van der Waals surface area contributed by atoms with Gasteiger partial charge in [0, 0.05) is 5.54 Å². The lowest BCUT2D eigenvalue weighted by Gasteiger charge is -2.35. The van der Waals surface area contributed by atoms with Crippen LogP contribution in [0, 0.1) is 5.41 Å². The van der Waals surface area contributed by atoms with Crippen LogP contribution in [0.25, 0.3) is 0 Å². The summed E-state index contributed by atoms with van der Waals surface area (Å²) in [6.45, 7) is 2.35. The van der Waals surface area contributed by atoms with Crippen LogP contribution in [0.1, 0.15) is 45.4 Å². The number of rotatable bonds is 2. The molecule has 0 saturated heterocycles. The number of hydrogen-bond donors (Lipinski definition) is 1. The van der Waals surface area contributed by atoms with Crippen molar-refractivity contribution in [2.75, 3.05) is 6.61 Å². The molecule has 0 radical (unpaired) electrons. The van der Waals surface area contributed by atoms with Crippen molar-refractivity contribution >= 4 is 5.97 Å². The molecule has 80 valence electrons. The maximum absolute atomic E-state index is 11.8.